The van der Waals surface area contributed by atoms with Crippen LogP contribution in [0, 0.1) is 5.82 Å². The second-order valence-corrected chi connectivity index (χ2v) is 6.60. The Hall–Kier alpha value is -0.930. The molecule has 96 valence electrons. The van der Waals surface area contributed by atoms with Crippen LogP contribution in [0.5, 0.6) is 0 Å². The van der Waals surface area contributed by atoms with E-state index in [1.165, 1.54) is 6.07 Å². The van der Waals surface area contributed by atoms with Crippen LogP contribution in [0.15, 0.2) is 23.6 Å². The van der Waals surface area contributed by atoms with Crippen LogP contribution in [0.25, 0.3) is 0 Å². The molecular weight excluding hydrogens is 269 g/mol. The first-order valence-corrected chi connectivity index (χ1v) is 7.01. The third-order valence-corrected chi connectivity index (χ3v) is 3.91. The summed E-state index contributed by atoms with van der Waals surface area (Å²) in [7, 11) is 0. The highest BCUT2D eigenvalue weighted by Gasteiger charge is 2.18. The Labute approximate surface area is 116 Å². The molecule has 1 nitrogen and oxygen atoms in total. The van der Waals surface area contributed by atoms with E-state index >= 15 is 0 Å². The van der Waals surface area contributed by atoms with Gasteiger partial charge in [-0.15, -0.1) is 11.3 Å². The standard InChI is InChI=1S/C14H15ClFNS/c1-14(2,3)12-8-18-13(17-12)7-9-10(15)5-4-6-11(9)16/h4-6,8H,7H2,1-3H3. The zero-order chi connectivity index (χ0) is 13.3. The van der Waals surface area contributed by atoms with Crippen molar-refractivity contribution in [3.05, 3.63) is 50.7 Å². The molecule has 0 fully saturated rings. The van der Waals surface area contributed by atoms with Crippen LogP contribution < -0.4 is 0 Å². The average Bonchev–Trinajstić information content (AvgIpc) is 2.72. The van der Waals surface area contributed by atoms with E-state index in [2.05, 4.69) is 25.8 Å². The minimum absolute atomic E-state index is 0.0216. The lowest BCUT2D eigenvalue weighted by Gasteiger charge is -2.14. The second-order valence-electron chi connectivity index (χ2n) is 5.25. The number of aromatic nitrogens is 1. The van der Waals surface area contributed by atoms with Crippen molar-refractivity contribution in [3.8, 4) is 0 Å². The minimum Gasteiger partial charge on any atom is -0.245 e. The molecule has 0 atom stereocenters. The first-order valence-electron chi connectivity index (χ1n) is 5.75. The van der Waals surface area contributed by atoms with Crippen LogP contribution in [0.1, 0.15) is 37.0 Å². The molecule has 0 amide bonds. The van der Waals surface area contributed by atoms with E-state index in [4.69, 9.17) is 11.6 Å². The van der Waals surface area contributed by atoms with Crippen molar-refractivity contribution in [2.45, 2.75) is 32.6 Å². The Balaban J connectivity index is 2.27. The molecule has 1 aromatic heterocycles. The second kappa shape index (κ2) is 4.98. The lowest BCUT2D eigenvalue weighted by Crippen LogP contribution is -2.11. The van der Waals surface area contributed by atoms with Crippen molar-refractivity contribution in [1.82, 2.24) is 4.98 Å². The normalized spacial score (nSPS) is 11.8. The molecule has 0 saturated heterocycles. The predicted molar refractivity (Wildman–Crippen MR) is 75.0 cm³/mol. The molecule has 0 saturated carbocycles. The molecule has 1 heterocycles. The van der Waals surface area contributed by atoms with E-state index < -0.39 is 0 Å². The summed E-state index contributed by atoms with van der Waals surface area (Å²) in [5.41, 5.74) is 1.58. The Kier molecular flexibility index (Phi) is 3.74. The highest BCUT2D eigenvalue weighted by molar-refractivity contribution is 7.09. The molecule has 0 aliphatic rings. The summed E-state index contributed by atoms with van der Waals surface area (Å²) < 4.78 is 13.7. The van der Waals surface area contributed by atoms with Crippen LogP contribution in [0.2, 0.25) is 5.02 Å². The summed E-state index contributed by atoms with van der Waals surface area (Å²) in [6.07, 6.45) is 0.451. The quantitative estimate of drug-likeness (QED) is 0.770. The smallest absolute Gasteiger partial charge is 0.128 e. The van der Waals surface area contributed by atoms with Gasteiger partial charge in [0.15, 0.2) is 0 Å². The van der Waals surface area contributed by atoms with Gasteiger partial charge in [-0.25, -0.2) is 9.37 Å². The van der Waals surface area contributed by atoms with Gasteiger partial charge in [-0.05, 0) is 12.1 Å². The lowest BCUT2D eigenvalue weighted by atomic mass is 9.93. The number of nitrogens with zero attached hydrogens (tertiary/aromatic N) is 1. The first kappa shape index (κ1) is 13.5. The molecule has 18 heavy (non-hydrogen) atoms. The summed E-state index contributed by atoms with van der Waals surface area (Å²) in [5.74, 6) is -0.269. The minimum atomic E-state index is -0.269. The number of hydrogen-bond acceptors (Lipinski definition) is 2. The first-order chi connectivity index (χ1) is 8.38. The Morgan fingerprint density at radius 3 is 2.61 bits per heavy atom. The van der Waals surface area contributed by atoms with Crippen molar-refractivity contribution in [2.75, 3.05) is 0 Å². The van der Waals surface area contributed by atoms with E-state index in [-0.39, 0.29) is 11.2 Å². The maximum Gasteiger partial charge on any atom is 0.128 e. The van der Waals surface area contributed by atoms with E-state index in [1.807, 2.05) is 5.38 Å². The van der Waals surface area contributed by atoms with E-state index in [0.29, 0.717) is 17.0 Å². The highest BCUT2D eigenvalue weighted by Crippen LogP contribution is 2.27. The van der Waals surface area contributed by atoms with Crippen LogP contribution in [0.3, 0.4) is 0 Å². The number of thiazole rings is 1. The van der Waals surface area contributed by atoms with Gasteiger partial charge in [0.05, 0.1) is 10.7 Å². The molecular formula is C14H15ClFNS. The monoisotopic (exact) mass is 283 g/mol. The SMILES string of the molecule is CC(C)(C)c1csc(Cc2c(F)cccc2Cl)n1. The van der Waals surface area contributed by atoms with Gasteiger partial charge in [-0.3, -0.25) is 0 Å². The van der Waals surface area contributed by atoms with Gasteiger partial charge in [0, 0.05) is 27.8 Å². The van der Waals surface area contributed by atoms with Gasteiger partial charge in [-0.2, -0.15) is 0 Å². The zero-order valence-electron chi connectivity index (χ0n) is 10.6. The van der Waals surface area contributed by atoms with Crippen LogP contribution in [-0.2, 0) is 11.8 Å². The summed E-state index contributed by atoms with van der Waals surface area (Å²) >= 11 is 7.57. The van der Waals surface area contributed by atoms with Crippen LogP contribution in [0.4, 0.5) is 4.39 Å². The Morgan fingerprint density at radius 2 is 2.06 bits per heavy atom. The summed E-state index contributed by atoms with van der Waals surface area (Å²) in [4.78, 5) is 4.55. The van der Waals surface area contributed by atoms with Gasteiger partial charge in [0.25, 0.3) is 0 Å². The largest absolute Gasteiger partial charge is 0.245 e. The fourth-order valence-electron chi connectivity index (χ4n) is 1.59. The third-order valence-electron chi connectivity index (χ3n) is 2.71. The van der Waals surface area contributed by atoms with Crippen molar-refractivity contribution >= 4 is 22.9 Å². The Bertz CT molecular complexity index is 537. The topological polar surface area (TPSA) is 12.9 Å². The molecule has 0 aliphatic heterocycles. The highest BCUT2D eigenvalue weighted by atomic mass is 35.5. The average molecular weight is 284 g/mol. The molecule has 2 rings (SSSR count). The number of benzene rings is 1. The van der Waals surface area contributed by atoms with Gasteiger partial charge < -0.3 is 0 Å². The molecule has 0 N–H and O–H groups in total. The number of hydrogen-bond donors (Lipinski definition) is 0. The molecule has 0 radical (unpaired) electrons. The van der Waals surface area contributed by atoms with Crippen molar-refractivity contribution in [2.24, 2.45) is 0 Å². The van der Waals surface area contributed by atoms with Gasteiger partial charge in [-0.1, -0.05) is 38.4 Å². The fraction of sp³-hybridized carbons (Fsp3) is 0.357. The van der Waals surface area contributed by atoms with E-state index in [9.17, 15) is 4.39 Å². The summed E-state index contributed by atoms with van der Waals surface area (Å²) in [6.45, 7) is 6.34. The van der Waals surface area contributed by atoms with E-state index in [1.54, 1.807) is 23.5 Å². The van der Waals surface area contributed by atoms with Crippen molar-refractivity contribution in [1.29, 1.82) is 0 Å². The summed E-state index contributed by atoms with van der Waals surface area (Å²) in [6, 6.07) is 4.75. The van der Waals surface area contributed by atoms with Crippen molar-refractivity contribution in [3.63, 3.8) is 0 Å². The molecule has 0 aliphatic carbocycles. The Morgan fingerprint density at radius 1 is 1.33 bits per heavy atom. The van der Waals surface area contributed by atoms with Gasteiger partial charge in [0.1, 0.15) is 5.82 Å². The van der Waals surface area contributed by atoms with Crippen LogP contribution in [-0.4, -0.2) is 4.98 Å². The van der Waals surface area contributed by atoms with Crippen molar-refractivity contribution < 1.29 is 4.39 Å². The molecule has 1 aromatic carbocycles. The number of halogens is 2. The lowest BCUT2D eigenvalue weighted by molar-refractivity contribution is 0.570. The molecule has 0 unspecified atom stereocenters. The fourth-order valence-corrected chi connectivity index (χ4v) is 2.85. The van der Waals surface area contributed by atoms with Gasteiger partial charge in [0.2, 0.25) is 0 Å². The maximum absolute atomic E-state index is 13.7. The number of rotatable bonds is 2. The van der Waals surface area contributed by atoms with Crippen LogP contribution >= 0.6 is 22.9 Å². The third kappa shape index (κ3) is 2.90. The summed E-state index contributed by atoms with van der Waals surface area (Å²) in [5, 5.41) is 3.39. The molecule has 4 heteroatoms. The van der Waals surface area contributed by atoms with E-state index in [0.717, 1.165) is 10.7 Å². The maximum atomic E-state index is 13.7. The molecule has 0 bridgehead atoms. The molecule has 2 aromatic rings. The zero-order valence-corrected chi connectivity index (χ0v) is 12.2. The van der Waals surface area contributed by atoms with Gasteiger partial charge >= 0.3 is 0 Å². The molecule has 0 spiro atoms. The predicted octanol–water partition coefficient (Wildman–Crippen LogP) is 4.82.